The summed E-state index contributed by atoms with van der Waals surface area (Å²) in [6.07, 6.45) is 0. The van der Waals surface area contributed by atoms with E-state index in [1.807, 2.05) is 0 Å². The molecule has 0 aliphatic heterocycles. The van der Waals surface area contributed by atoms with Crippen molar-refractivity contribution < 1.29 is 28.5 Å². The Labute approximate surface area is 68.4 Å². The summed E-state index contributed by atoms with van der Waals surface area (Å²) in [6.45, 7) is 0. The van der Waals surface area contributed by atoms with Crippen LogP contribution in [0.4, 0.5) is 9.05 Å². The first-order valence-electron chi connectivity index (χ1n) is 1.38. The average molecular weight is 144 g/mol. The number of hydrogen-bond acceptors (Lipinski definition) is 4. The van der Waals surface area contributed by atoms with Crippen LogP contribution in [0.2, 0.25) is 0 Å². The van der Waals surface area contributed by atoms with Crippen molar-refractivity contribution in [3.63, 3.8) is 0 Å². The maximum atomic E-state index is 10.5. The molecular weight excluding hydrogens is 144 g/mol. The van der Waals surface area contributed by atoms with Crippen LogP contribution in [0.25, 0.3) is 0 Å². The van der Waals surface area contributed by atoms with Crippen molar-refractivity contribution in [2.45, 2.75) is 0 Å². The maximum Gasteiger partial charge on any atom is 0.459 e. The molecule has 0 rings (SSSR count). The van der Waals surface area contributed by atoms with E-state index in [1.165, 1.54) is 0 Å². The normalized spacial score (nSPS) is 6.20. The summed E-state index contributed by atoms with van der Waals surface area (Å²) in [6, 6.07) is 0. The van der Waals surface area contributed by atoms with Gasteiger partial charge in [0, 0.05) is 36.3 Å². The Morgan fingerprint density at radius 2 is 1.20 bits per heavy atom. The SMILES string of the molecule is O=C(OF)C(=O)OF.[B].[Li]. The molecule has 0 aromatic rings. The van der Waals surface area contributed by atoms with Crippen molar-refractivity contribution in [1.82, 2.24) is 0 Å². The standard InChI is InChI=1S/C2F2O4.B.Li/c3-7-1(5)2(6)8-4;;. The number of carbonyl (C=O) groups is 2. The molecule has 4 nitrogen and oxygen atoms in total. The van der Waals surface area contributed by atoms with Crippen LogP contribution in [-0.2, 0) is 19.5 Å². The van der Waals surface area contributed by atoms with E-state index >= 15 is 0 Å². The Kier molecular flexibility index (Phi) is 13.7. The minimum absolute atomic E-state index is 0. The van der Waals surface area contributed by atoms with Gasteiger partial charge in [0.25, 0.3) is 0 Å². The maximum absolute atomic E-state index is 10.5. The summed E-state index contributed by atoms with van der Waals surface area (Å²) in [5, 5.41) is 0. The van der Waals surface area contributed by atoms with Crippen molar-refractivity contribution in [3.8, 4) is 0 Å². The zero-order valence-corrected chi connectivity index (χ0v) is 4.97. The summed E-state index contributed by atoms with van der Waals surface area (Å²) in [5.41, 5.74) is 0. The minimum atomic E-state index is -2.02. The zero-order valence-electron chi connectivity index (χ0n) is 4.97. The summed E-state index contributed by atoms with van der Waals surface area (Å²) in [7, 11) is 0. The molecule has 0 fully saturated rings. The molecule has 0 bridgehead atoms. The Balaban J connectivity index is -0.000000245. The molecule has 0 saturated heterocycles. The number of rotatable bonds is 0. The quantitative estimate of drug-likeness (QED) is 0.325. The second-order valence-electron chi connectivity index (χ2n) is 0.729. The van der Waals surface area contributed by atoms with Crippen LogP contribution in [0.3, 0.4) is 0 Å². The molecule has 0 spiro atoms. The molecule has 0 unspecified atom stereocenters. The van der Waals surface area contributed by atoms with Crippen LogP contribution in [0.5, 0.6) is 0 Å². The van der Waals surface area contributed by atoms with Gasteiger partial charge in [0.05, 0.1) is 0 Å². The molecule has 0 aromatic carbocycles. The molecule has 0 saturated carbocycles. The molecule has 0 amide bonds. The molecule has 10 heavy (non-hydrogen) atoms. The van der Waals surface area contributed by atoms with Crippen molar-refractivity contribution in [2.24, 2.45) is 0 Å². The molecule has 0 aliphatic carbocycles. The van der Waals surface area contributed by atoms with Gasteiger partial charge in [-0.3, -0.25) is 0 Å². The van der Waals surface area contributed by atoms with E-state index in [4.69, 9.17) is 0 Å². The number of hydrogen-bond donors (Lipinski definition) is 0. The van der Waals surface area contributed by atoms with E-state index in [0.29, 0.717) is 0 Å². The van der Waals surface area contributed by atoms with Gasteiger partial charge in [0.15, 0.2) is 0 Å². The van der Waals surface area contributed by atoms with E-state index in [1.54, 1.807) is 0 Å². The predicted octanol–water partition coefficient (Wildman–Crippen LogP) is -0.920. The Morgan fingerprint density at radius 3 is 1.30 bits per heavy atom. The Hall–Kier alpha value is -0.538. The molecular formula is C2BF2LiO4. The van der Waals surface area contributed by atoms with Crippen LogP contribution in [0.1, 0.15) is 0 Å². The van der Waals surface area contributed by atoms with Gasteiger partial charge in [-0.2, -0.15) is 0 Å². The molecule has 0 atom stereocenters. The monoisotopic (exact) mass is 144 g/mol. The van der Waals surface area contributed by atoms with Gasteiger partial charge in [-0.05, 0) is 0 Å². The molecule has 0 N–H and O–H groups in total. The van der Waals surface area contributed by atoms with Crippen molar-refractivity contribution >= 4 is 39.2 Å². The summed E-state index contributed by atoms with van der Waals surface area (Å²) >= 11 is 0. The Morgan fingerprint density at radius 1 is 1.00 bits per heavy atom. The van der Waals surface area contributed by atoms with Gasteiger partial charge >= 0.3 is 11.9 Å². The molecule has 0 aromatic heterocycles. The number of halogens is 2. The third-order valence-electron chi connectivity index (χ3n) is 0.307. The fourth-order valence-electron chi connectivity index (χ4n) is 0.0630. The van der Waals surface area contributed by atoms with Gasteiger partial charge < -0.3 is 0 Å². The Bertz CT molecular complexity index is 106. The summed E-state index contributed by atoms with van der Waals surface area (Å²) < 4.78 is 21.0. The number of carbonyl (C=O) groups excluding carboxylic acids is 2. The smallest absolute Gasteiger partial charge is 0.242 e. The summed E-state index contributed by atoms with van der Waals surface area (Å²) in [5.74, 6) is -4.04. The molecule has 50 valence electrons. The second kappa shape index (κ2) is 8.46. The van der Waals surface area contributed by atoms with Gasteiger partial charge in [-0.25, -0.2) is 19.5 Å². The first kappa shape index (κ1) is 16.2. The van der Waals surface area contributed by atoms with Gasteiger partial charge in [-0.15, -0.1) is 0 Å². The van der Waals surface area contributed by atoms with Crippen LogP contribution < -0.4 is 0 Å². The van der Waals surface area contributed by atoms with Crippen LogP contribution in [0, 0.1) is 0 Å². The molecule has 8 heteroatoms. The van der Waals surface area contributed by atoms with E-state index < -0.39 is 11.9 Å². The van der Waals surface area contributed by atoms with Crippen LogP contribution in [-0.4, -0.2) is 39.2 Å². The topological polar surface area (TPSA) is 52.6 Å². The van der Waals surface area contributed by atoms with Crippen LogP contribution in [0.15, 0.2) is 0 Å². The average Bonchev–Trinajstić information content (AvgIpc) is 1.84. The third kappa shape index (κ3) is 5.60. The van der Waals surface area contributed by atoms with E-state index in [-0.39, 0.29) is 27.3 Å². The van der Waals surface area contributed by atoms with Crippen molar-refractivity contribution in [2.75, 3.05) is 0 Å². The fourth-order valence-corrected chi connectivity index (χ4v) is 0.0630. The van der Waals surface area contributed by atoms with Gasteiger partial charge in [0.2, 0.25) is 0 Å². The summed E-state index contributed by atoms with van der Waals surface area (Å²) in [4.78, 5) is 23.4. The first-order chi connectivity index (χ1) is 3.72. The van der Waals surface area contributed by atoms with E-state index in [0.717, 1.165) is 0 Å². The largest absolute Gasteiger partial charge is 0.459 e. The molecule has 0 aliphatic rings. The van der Waals surface area contributed by atoms with E-state index in [2.05, 4.69) is 9.88 Å². The van der Waals surface area contributed by atoms with Gasteiger partial charge in [0.1, 0.15) is 0 Å². The minimum Gasteiger partial charge on any atom is -0.242 e. The van der Waals surface area contributed by atoms with Crippen LogP contribution >= 0.6 is 0 Å². The predicted molar refractivity (Wildman–Crippen MR) is 25.9 cm³/mol. The van der Waals surface area contributed by atoms with Gasteiger partial charge in [-0.1, -0.05) is 0 Å². The second-order valence-corrected chi connectivity index (χ2v) is 0.729. The molecule has 4 radical (unpaired) electrons. The first-order valence-corrected chi connectivity index (χ1v) is 1.38. The van der Waals surface area contributed by atoms with Crippen molar-refractivity contribution in [1.29, 1.82) is 0 Å². The fraction of sp³-hybridized carbons (Fsp3) is 0. The van der Waals surface area contributed by atoms with E-state index in [9.17, 15) is 18.6 Å². The third-order valence-corrected chi connectivity index (χ3v) is 0.307. The molecule has 0 heterocycles. The van der Waals surface area contributed by atoms with Crippen molar-refractivity contribution in [3.05, 3.63) is 0 Å². The zero-order chi connectivity index (χ0) is 6.57.